The SMILES string of the molecule is Cc1ccn2c(C(=O)Nc3cccc(C#N)c3)c(C)nc2c1. The molecule has 0 radical (unpaired) electrons. The van der Waals surface area contributed by atoms with Gasteiger partial charge < -0.3 is 5.32 Å². The maximum absolute atomic E-state index is 12.5. The van der Waals surface area contributed by atoms with Crippen molar-refractivity contribution in [1.29, 1.82) is 5.26 Å². The number of anilines is 1. The Hall–Kier alpha value is -3.13. The van der Waals surface area contributed by atoms with Crippen molar-refractivity contribution in [2.24, 2.45) is 0 Å². The first-order chi connectivity index (χ1) is 10.6. The van der Waals surface area contributed by atoms with Crippen LogP contribution in [0, 0.1) is 25.2 Å². The third-order valence-electron chi connectivity index (χ3n) is 3.42. The van der Waals surface area contributed by atoms with Gasteiger partial charge in [-0.25, -0.2) is 4.98 Å². The van der Waals surface area contributed by atoms with E-state index < -0.39 is 0 Å². The molecule has 5 nitrogen and oxygen atoms in total. The van der Waals surface area contributed by atoms with Crippen LogP contribution in [0.25, 0.3) is 5.65 Å². The number of rotatable bonds is 2. The van der Waals surface area contributed by atoms with Gasteiger partial charge in [-0.1, -0.05) is 6.07 Å². The van der Waals surface area contributed by atoms with Gasteiger partial charge in [0.1, 0.15) is 11.3 Å². The Morgan fingerprint density at radius 3 is 2.86 bits per heavy atom. The highest BCUT2D eigenvalue weighted by molar-refractivity contribution is 6.04. The van der Waals surface area contributed by atoms with Crippen LogP contribution < -0.4 is 5.32 Å². The van der Waals surface area contributed by atoms with E-state index in [1.165, 1.54) is 0 Å². The van der Waals surface area contributed by atoms with Gasteiger partial charge >= 0.3 is 0 Å². The Balaban J connectivity index is 1.98. The van der Waals surface area contributed by atoms with E-state index in [0.717, 1.165) is 11.2 Å². The Morgan fingerprint density at radius 2 is 2.09 bits per heavy atom. The number of amides is 1. The minimum Gasteiger partial charge on any atom is -0.321 e. The second kappa shape index (κ2) is 5.34. The van der Waals surface area contributed by atoms with E-state index in [2.05, 4.69) is 16.4 Å². The van der Waals surface area contributed by atoms with Crippen molar-refractivity contribution < 1.29 is 4.79 Å². The second-order valence-corrected chi connectivity index (χ2v) is 5.12. The highest BCUT2D eigenvalue weighted by Crippen LogP contribution is 2.16. The Bertz CT molecular complexity index is 918. The Morgan fingerprint density at radius 1 is 1.27 bits per heavy atom. The molecule has 22 heavy (non-hydrogen) atoms. The molecule has 1 amide bonds. The molecule has 0 aliphatic heterocycles. The number of imidazole rings is 1. The first-order valence-corrected chi connectivity index (χ1v) is 6.85. The fourth-order valence-electron chi connectivity index (χ4n) is 2.39. The number of carbonyl (C=O) groups is 1. The molecule has 2 heterocycles. The normalized spacial score (nSPS) is 10.4. The number of nitriles is 1. The summed E-state index contributed by atoms with van der Waals surface area (Å²) in [7, 11) is 0. The molecule has 0 saturated carbocycles. The average molecular weight is 290 g/mol. The van der Waals surface area contributed by atoms with Crippen LogP contribution in [0.5, 0.6) is 0 Å². The molecule has 0 spiro atoms. The molecule has 1 aromatic carbocycles. The third kappa shape index (κ3) is 2.42. The number of nitrogens with one attached hydrogen (secondary N) is 1. The van der Waals surface area contributed by atoms with Gasteiger partial charge in [0.2, 0.25) is 0 Å². The molecule has 0 atom stereocenters. The molecule has 5 heteroatoms. The van der Waals surface area contributed by atoms with Gasteiger partial charge in [-0.3, -0.25) is 9.20 Å². The van der Waals surface area contributed by atoms with Crippen molar-refractivity contribution in [2.45, 2.75) is 13.8 Å². The first-order valence-electron chi connectivity index (χ1n) is 6.85. The van der Waals surface area contributed by atoms with Gasteiger partial charge in [0.05, 0.1) is 17.3 Å². The minimum absolute atomic E-state index is 0.246. The summed E-state index contributed by atoms with van der Waals surface area (Å²) in [5.41, 5.74) is 4.09. The molecule has 3 rings (SSSR count). The number of aryl methyl sites for hydroxylation is 2. The average Bonchev–Trinajstić information content (AvgIpc) is 2.82. The highest BCUT2D eigenvalue weighted by Gasteiger charge is 2.16. The lowest BCUT2D eigenvalue weighted by Crippen LogP contribution is -2.15. The van der Waals surface area contributed by atoms with Gasteiger partial charge in [-0.2, -0.15) is 5.26 Å². The van der Waals surface area contributed by atoms with Crippen LogP contribution in [-0.2, 0) is 0 Å². The molecule has 0 saturated heterocycles. The number of carbonyl (C=O) groups excluding carboxylic acids is 1. The van der Waals surface area contributed by atoms with Crippen molar-refractivity contribution in [3.63, 3.8) is 0 Å². The second-order valence-electron chi connectivity index (χ2n) is 5.12. The van der Waals surface area contributed by atoms with Crippen LogP contribution in [0.1, 0.15) is 27.3 Å². The molecule has 0 aliphatic carbocycles. The molecule has 1 N–H and O–H groups in total. The Kier molecular flexibility index (Phi) is 3.36. The number of pyridine rings is 1. The number of hydrogen-bond acceptors (Lipinski definition) is 3. The van der Waals surface area contributed by atoms with Gasteiger partial charge in [0, 0.05) is 11.9 Å². The van der Waals surface area contributed by atoms with E-state index in [1.807, 2.05) is 32.2 Å². The van der Waals surface area contributed by atoms with Crippen molar-refractivity contribution in [3.8, 4) is 6.07 Å². The predicted molar refractivity (Wildman–Crippen MR) is 83.8 cm³/mol. The van der Waals surface area contributed by atoms with Gasteiger partial charge in [0.15, 0.2) is 0 Å². The molecular formula is C17H14N4O. The van der Waals surface area contributed by atoms with Crippen LogP contribution >= 0.6 is 0 Å². The maximum atomic E-state index is 12.5. The zero-order valence-electron chi connectivity index (χ0n) is 12.3. The first kappa shape index (κ1) is 13.8. The standard InChI is InChI=1S/C17H14N4O/c1-11-6-7-21-15(8-11)19-12(2)16(21)17(22)20-14-5-3-4-13(9-14)10-18/h3-9H,1-2H3,(H,20,22). The van der Waals surface area contributed by atoms with Gasteiger partial charge in [-0.15, -0.1) is 0 Å². The monoisotopic (exact) mass is 290 g/mol. The summed E-state index contributed by atoms with van der Waals surface area (Å²) < 4.78 is 1.77. The largest absolute Gasteiger partial charge is 0.321 e. The summed E-state index contributed by atoms with van der Waals surface area (Å²) in [6.45, 7) is 3.79. The molecule has 0 aliphatic rings. The van der Waals surface area contributed by atoms with Gasteiger partial charge in [0.25, 0.3) is 5.91 Å². The van der Waals surface area contributed by atoms with Crippen molar-refractivity contribution in [3.05, 3.63) is 65.1 Å². The smallest absolute Gasteiger partial charge is 0.274 e. The van der Waals surface area contributed by atoms with Crippen molar-refractivity contribution in [1.82, 2.24) is 9.38 Å². The lowest BCUT2D eigenvalue weighted by molar-refractivity contribution is 0.102. The topological polar surface area (TPSA) is 70.2 Å². The maximum Gasteiger partial charge on any atom is 0.274 e. The minimum atomic E-state index is -0.246. The molecule has 0 fully saturated rings. The third-order valence-corrected chi connectivity index (χ3v) is 3.42. The fraction of sp³-hybridized carbons (Fsp3) is 0.118. The van der Waals surface area contributed by atoms with Crippen LogP contribution in [0.3, 0.4) is 0 Å². The summed E-state index contributed by atoms with van der Waals surface area (Å²) in [5, 5.41) is 11.7. The number of hydrogen-bond donors (Lipinski definition) is 1. The van der Waals surface area contributed by atoms with Crippen LogP contribution in [0.2, 0.25) is 0 Å². The van der Waals surface area contributed by atoms with E-state index >= 15 is 0 Å². The predicted octanol–water partition coefficient (Wildman–Crippen LogP) is 3.08. The van der Waals surface area contributed by atoms with Crippen LogP contribution in [0.15, 0.2) is 42.6 Å². The van der Waals surface area contributed by atoms with E-state index in [-0.39, 0.29) is 5.91 Å². The van der Waals surface area contributed by atoms with Crippen LogP contribution in [0.4, 0.5) is 5.69 Å². The van der Waals surface area contributed by atoms with E-state index in [1.54, 1.807) is 28.7 Å². The van der Waals surface area contributed by atoms with Crippen LogP contribution in [-0.4, -0.2) is 15.3 Å². The lowest BCUT2D eigenvalue weighted by Gasteiger charge is -2.06. The molecular weight excluding hydrogens is 276 g/mol. The lowest BCUT2D eigenvalue weighted by atomic mass is 10.2. The molecule has 0 bridgehead atoms. The Labute approximate surface area is 127 Å². The van der Waals surface area contributed by atoms with Crippen molar-refractivity contribution >= 4 is 17.2 Å². The molecule has 0 unspecified atom stereocenters. The zero-order valence-corrected chi connectivity index (χ0v) is 12.3. The summed E-state index contributed by atoms with van der Waals surface area (Å²) in [6.07, 6.45) is 1.84. The molecule has 2 aromatic heterocycles. The number of benzene rings is 1. The van der Waals surface area contributed by atoms with E-state index in [4.69, 9.17) is 5.26 Å². The number of aromatic nitrogens is 2. The molecule has 108 valence electrons. The molecule has 3 aromatic rings. The fourth-order valence-corrected chi connectivity index (χ4v) is 2.39. The summed E-state index contributed by atoms with van der Waals surface area (Å²) in [4.78, 5) is 17.0. The van der Waals surface area contributed by atoms with E-state index in [9.17, 15) is 4.79 Å². The number of fused-ring (bicyclic) bond motifs is 1. The van der Waals surface area contributed by atoms with Crippen molar-refractivity contribution in [2.75, 3.05) is 5.32 Å². The highest BCUT2D eigenvalue weighted by atomic mass is 16.2. The summed E-state index contributed by atoms with van der Waals surface area (Å²) >= 11 is 0. The quantitative estimate of drug-likeness (QED) is 0.788. The van der Waals surface area contributed by atoms with E-state index in [0.29, 0.717) is 22.6 Å². The number of nitrogens with zero attached hydrogens (tertiary/aromatic N) is 3. The summed E-state index contributed by atoms with van der Waals surface area (Å²) in [5.74, 6) is -0.246. The van der Waals surface area contributed by atoms with Gasteiger partial charge in [-0.05, 0) is 49.7 Å². The summed E-state index contributed by atoms with van der Waals surface area (Å²) in [6, 6.07) is 12.7. The zero-order chi connectivity index (χ0) is 15.7.